The molecule has 0 atom stereocenters. The minimum absolute atomic E-state index is 0.112. The van der Waals surface area contributed by atoms with E-state index >= 15 is 0 Å². The molecule has 0 heterocycles. The number of hydrogen-bond acceptors (Lipinski definition) is 3. The molecule has 0 fully saturated rings. The molecular weight excluding hydrogens is 264 g/mol. The van der Waals surface area contributed by atoms with E-state index in [1.165, 1.54) is 0 Å². The highest BCUT2D eigenvalue weighted by molar-refractivity contribution is 5.52. The van der Waals surface area contributed by atoms with E-state index in [-0.39, 0.29) is 11.5 Å². The van der Waals surface area contributed by atoms with Crippen LogP contribution in [0.2, 0.25) is 0 Å². The Labute approximate surface area is 125 Å². The van der Waals surface area contributed by atoms with Gasteiger partial charge in [-0.2, -0.15) is 0 Å². The van der Waals surface area contributed by atoms with Gasteiger partial charge in [-0.05, 0) is 42.5 Å². The van der Waals surface area contributed by atoms with Gasteiger partial charge in [0.25, 0.3) is 0 Å². The Balaban J connectivity index is 2.46. The highest BCUT2D eigenvalue weighted by Crippen LogP contribution is 2.34. The minimum Gasteiger partial charge on any atom is -0.508 e. The van der Waals surface area contributed by atoms with Gasteiger partial charge in [-0.1, -0.05) is 37.6 Å². The molecule has 0 amide bonds. The lowest BCUT2D eigenvalue weighted by Crippen LogP contribution is -1.96. The predicted molar refractivity (Wildman–Crippen MR) is 84.2 cm³/mol. The van der Waals surface area contributed by atoms with E-state index in [1.807, 2.05) is 32.9 Å². The highest BCUT2D eigenvalue weighted by Gasteiger charge is 2.14. The number of aromatic hydroxyl groups is 3. The molecule has 0 aromatic heterocycles. The van der Waals surface area contributed by atoms with Crippen molar-refractivity contribution in [2.75, 3.05) is 0 Å². The number of aryl methyl sites for hydroxylation is 2. The summed E-state index contributed by atoms with van der Waals surface area (Å²) in [4.78, 5) is 0. The van der Waals surface area contributed by atoms with Crippen LogP contribution in [0.5, 0.6) is 17.2 Å². The second kappa shape index (κ2) is 6.08. The molecule has 0 spiro atoms. The first kappa shape index (κ1) is 15.2. The van der Waals surface area contributed by atoms with Crippen molar-refractivity contribution in [1.29, 1.82) is 0 Å². The Morgan fingerprint density at radius 2 is 1.48 bits per heavy atom. The normalized spacial score (nSPS) is 10.8. The van der Waals surface area contributed by atoms with E-state index in [0.29, 0.717) is 29.7 Å². The van der Waals surface area contributed by atoms with Crippen molar-refractivity contribution in [3.8, 4) is 17.2 Å². The van der Waals surface area contributed by atoms with Gasteiger partial charge in [-0.15, -0.1) is 0 Å². The zero-order valence-corrected chi connectivity index (χ0v) is 12.8. The summed E-state index contributed by atoms with van der Waals surface area (Å²) in [5, 5.41) is 30.3. The molecule has 0 radical (unpaired) electrons. The van der Waals surface area contributed by atoms with Gasteiger partial charge in [-0.25, -0.2) is 0 Å². The molecule has 0 bridgehead atoms. The molecular formula is C18H22O3. The van der Waals surface area contributed by atoms with Crippen LogP contribution in [-0.4, -0.2) is 15.3 Å². The second-order valence-electron chi connectivity index (χ2n) is 5.39. The maximum atomic E-state index is 10.3. The number of benzene rings is 2. The third-order valence-electron chi connectivity index (χ3n) is 3.87. The predicted octanol–water partition coefficient (Wildman–Crippen LogP) is 3.83. The molecule has 3 nitrogen and oxygen atoms in total. The fraction of sp³-hybridized carbons (Fsp3) is 0.333. The topological polar surface area (TPSA) is 60.7 Å². The average Bonchev–Trinajstić information content (AvgIpc) is 2.45. The quantitative estimate of drug-likeness (QED) is 0.800. The van der Waals surface area contributed by atoms with Crippen LogP contribution in [0.4, 0.5) is 0 Å². The summed E-state index contributed by atoms with van der Waals surface area (Å²) in [5.74, 6) is 0.534. The van der Waals surface area contributed by atoms with Crippen molar-refractivity contribution in [2.45, 2.75) is 40.0 Å². The zero-order chi connectivity index (χ0) is 15.6. The third kappa shape index (κ3) is 2.97. The molecule has 3 N–H and O–H groups in total. The lowest BCUT2D eigenvalue weighted by molar-refractivity contribution is 0.435. The molecule has 2 aromatic carbocycles. The number of phenols is 3. The van der Waals surface area contributed by atoms with Gasteiger partial charge < -0.3 is 15.3 Å². The lowest BCUT2D eigenvalue weighted by atomic mass is 9.95. The summed E-state index contributed by atoms with van der Waals surface area (Å²) >= 11 is 0. The van der Waals surface area contributed by atoms with Gasteiger partial charge in [0, 0.05) is 12.0 Å². The standard InChI is InChI=1S/C18H22O3/c1-4-12-8-11(3)9-14(17(12)20)10-13-6-7-16(19)15(5-2)18(13)21/h6-9,19-21H,4-5,10H2,1-3H3. The van der Waals surface area contributed by atoms with Crippen molar-refractivity contribution in [1.82, 2.24) is 0 Å². The van der Waals surface area contributed by atoms with E-state index in [0.717, 1.165) is 23.1 Å². The summed E-state index contributed by atoms with van der Waals surface area (Å²) in [7, 11) is 0. The summed E-state index contributed by atoms with van der Waals surface area (Å²) in [5.41, 5.74) is 4.07. The summed E-state index contributed by atoms with van der Waals surface area (Å²) in [6.07, 6.45) is 1.77. The van der Waals surface area contributed by atoms with Crippen LogP contribution in [0, 0.1) is 6.92 Å². The number of phenolic OH excluding ortho intramolecular Hbond substituents is 3. The number of hydrogen-bond donors (Lipinski definition) is 3. The molecule has 0 aliphatic rings. The fourth-order valence-electron chi connectivity index (χ4n) is 2.71. The average molecular weight is 286 g/mol. The van der Waals surface area contributed by atoms with Crippen molar-refractivity contribution in [3.63, 3.8) is 0 Å². The van der Waals surface area contributed by atoms with Gasteiger partial charge in [0.2, 0.25) is 0 Å². The first-order valence-corrected chi connectivity index (χ1v) is 7.31. The Morgan fingerprint density at radius 1 is 0.810 bits per heavy atom. The smallest absolute Gasteiger partial charge is 0.125 e. The van der Waals surface area contributed by atoms with Crippen LogP contribution in [0.25, 0.3) is 0 Å². The van der Waals surface area contributed by atoms with Crippen LogP contribution < -0.4 is 0 Å². The SMILES string of the molecule is CCc1cc(C)cc(Cc2ccc(O)c(CC)c2O)c1O. The van der Waals surface area contributed by atoms with Gasteiger partial charge >= 0.3 is 0 Å². The second-order valence-corrected chi connectivity index (χ2v) is 5.39. The first-order chi connectivity index (χ1) is 9.97. The highest BCUT2D eigenvalue weighted by atomic mass is 16.3. The minimum atomic E-state index is 0.112. The van der Waals surface area contributed by atoms with Gasteiger partial charge in [-0.3, -0.25) is 0 Å². The third-order valence-corrected chi connectivity index (χ3v) is 3.87. The Hall–Kier alpha value is -2.16. The van der Waals surface area contributed by atoms with Crippen molar-refractivity contribution in [2.24, 2.45) is 0 Å². The molecule has 2 aromatic rings. The lowest BCUT2D eigenvalue weighted by Gasteiger charge is -2.13. The van der Waals surface area contributed by atoms with Crippen molar-refractivity contribution >= 4 is 0 Å². The van der Waals surface area contributed by atoms with E-state index in [1.54, 1.807) is 12.1 Å². The van der Waals surface area contributed by atoms with Crippen LogP contribution in [0.3, 0.4) is 0 Å². The van der Waals surface area contributed by atoms with E-state index in [4.69, 9.17) is 0 Å². The van der Waals surface area contributed by atoms with Crippen molar-refractivity contribution < 1.29 is 15.3 Å². The maximum absolute atomic E-state index is 10.3. The molecule has 0 aliphatic carbocycles. The van der Waals surface area contributed by atoms with Crippen molar-refractivity contribution in [3.05, 3.63) is 52.1 Å². The maximum Gasteiger partial charge on any atom is 0.125 e. The van der Waals surface area contributed by atoms with Gasteiger partial charge in [0.05, 0.1) is 0 Å². The Bertz CT molecular complexity index is 660. The van der Waals surface area contributed by atoms with Gasteiger partial charge in [0.15, 0.2) is 0 Å². The van der Waals surface area contributed by atoms with Crippen LogP contribution >= 0.6 is 0 Å². The van der Waals surface area contributed by atoms with E-state index in [2.05, 4.69) is 0 Å². The molecule has 0 aliphatic heterocycles. The fourth-order valence-corrected chi connectivity index (χ4v) is 2.71. The first-order valence-electron chi connectivity index (χ1n) is 7.31. The van der Waals surface area contributed by atoms with Crippen LogP contribution in [0.1, 0.15) is 41.7 Å². The van der Waals surface area contributed by atoms with E-state index < -0.39 is 0 Å². The summed E-state index contributed by atoms with van der Waals surface area (Å²) < 4.78 is 0. The van der Waals surface area contributed by atoms with Gasteiger partial charge in [0.1, 0.15) is 17.2 Å². The molecule has 3 heteroatoms. The molecule has 0 saturated heterocycles. The summed E-state index contributed by atoms with van der Waals surface area (Å²) in [6, 6.07) is 7.22. The Kier molecular flexibility index (Phi) is 4.41. The van der Waals surface area contributed by atoms with Crippen LogP contribution in [-0.2, 0) is 19.3 Å². The summed E-state index contributed by atoms with van der Waals surface area (Å²) in [6.45, 7) is 5.89. The zero-order valence-electron chi connectivity index (χ0n) is 12.8. The molecule has 0 unspecified atom stereocenters. The molecule has 112 valence electrons. The monoisotopic (exact) mass is 286 g/mol. The molecule has 21 heavy (non-hydrogen) atoms. The van der Waals surface area contributed by atoms with Crippen LogP contribution in [0.15, 0.2) is 24.3 Å². The largest absolute Gasteiger partial charge is 0.508 e. The number of rotatable bonds is 4. The molecule has 0 saturated carbocycles. The van der Waals surface area contributed by atoms with E-state index in [9.17, 15) is 15.3 Å². The molecule has 2 rings (SSSR count). The Morgan fingerprint density at radius 3 is 2.10 bits per heavy atom.